The predicted molar refractivity (Wildman–Crippen MR) is 64.1 cm³/mol. The molecule has 1 aromatic heterocycles. The minimum absolute atomic E-state index is 0.156. The lowest BCUT2D eigenvalue weighted by molar-refractivity contribution is 0.612. The van der Waals surface area contributed by atoms with Crippen LogP contribution < -0.4 is 5.32 Å². The van der Waals surface area contributed by atoms with Crippen LogP contribution in [0.5, 0.6) is 0 Å². The molecule has 0 saturated carbocycles. The van der Waals surface area contributed by atoms with Crippen LogP contribution in [0.4, 0.5) is 10.1 Å². The largest absolute Gasteiger partial charge is 0.378 e. The first-order chi connectivity index (χ1) is 8.20. The number of nitrogens with one attached hydrogen (secondary N) is 1. The maximum atomic E-state index is 13.3. The maximum Gasteiger partial charge on any atom is 0.145 e. The topological polar surface area (TPSA) is 42.7 Å². The SMILES string of the molecule is CCc1cc(NCc2ncnn2C)ccc1F. The summed E-state index contributed by atoms with van der Waals surface area (Å²) in [5.74, 6) is 0.684. The molecule has 0 atom stereocenters. The molecule has 0 amide bonds. The molecule has 2 rings (SSSR count). The van der Waals surface area contributed by atoms with Gasteiger partial charge in [-0.15, -0.1) is 0 Å². The van der Waals surface area contributed by atoms with Crippen LogP contribution in [0.3, 0.4) is 0 Å². The number of halogens is 1. The summed E-state index contributed by atoms with van der Waals surface area (Å²) in [5.41, 5.74) is 1.61. The summed E-state index contributed by atoms with van der Waals surface area (Å²) in [5, 5.41) is 7.18. The number of nitrogens with zero attached hydrogens (tertiary/aromatic N) is 3. The van der Waals surface area contributed by atoms with Gasteiger partial charge in [-0.05, 0) is 30.2 Å². The molecule has 4 nitrogen and oxygen atoms in total. The molecule has 90 valence electrons. The van der Waals surface area contributed by atoms with Gasteiger partial charge in [0.1, 0.15) is 18.0 Å². The van der Waals surface area contributed by atoms with Gasteiger partial charge in [0.25, 0.3) is 0 Å². The lowest BCUT2D eigenvalue weighted by Crippen LogP contribution is -2.07. The molecular formula is C12H15FN4. The third-order valence-corrected chi connectivity index (χ3v) is 2.68. The fraction of sp³-hybridized carbons (Fsp3) is 0.333. The Morgan fingerprint density at radius 2 is 2.24 bits per heavy atom. The van der Waals surface area contributed by atoms with Crippen molar-refractivity contribution < 1.29 is 4.39 Å². The molecule has 0 unspecified atom stereocenters. The summed E-state index contributed by atoms with van der Waals surface area (Å²) >= 11 is 0. The second kappa shape index (κ2) is 4.95. The lowest BCUT2D eigenvalue weighted by atomic mass is 10.1. The minimum Gasteiger partial charge on any atom is -0.378 e. The molecule has 1 aromatic carbocycles. The van der Waals surface area contributed by atoms with Crippen molar-refractivity contribution in [3.8, 4) is 0 Å². The molecule has 0 radical (unpaired) electrons. The molecule has 0 saturated heterocycles. The van der Waals surface area contributed by atoms with Crippen LogP contribution in [-0.2, 0) is 20.0 Å². The van der Waals surface area contributed by atoms with Crippen molar-refractivity contribution in [2.45, 2.75) is 19.9 Å². The molecule has 1 heterocycles. The molecule has 17 heavy (non-hydrogen) atoms. The standard InChI is InChI=1S/C12H15FN4/c1-3-9-6-10(4-5-11(9)13)14-7-12-15-8-16-17(12)2/h4-6,8,14H,3,7H2,1-2H3. The van der Waals surface area contributed by atoms with Crippen LogP contribution >= 0.6 is 0 Å². The molecule has 1 N–H and O–H groups in total. The smallest absolute Gasteiger partial charge is 0.145 e. The molecule has 5 heteroatoms. The highest BCUT2D eigenvalue weighted by Gasteiger charge is 2.03. The van der Waals surface area contributed by atoms with Crippen molar-refractivity contribution in [1.82, 2.24) is 14.8 Å². The molecular weight excluding hydrogens is 219 g/mol. The number of aryl methyl sites for hydroxylation is 2. The van der Waals surface area contributed by atoms with Gasteiger partial charge < -0.3 is 5.32 Å². The molecule has 0 bridgehead atoms. The van der Waals surface area contributed by atoms with Gasteiger partial charge in [0.2, 0.25) is 0 Å². The fourth-order valence-corrected chi connectivity index (χ4v) is 1.62. The highest BCUT2D eigenvalue weighted by Crippen LogP contribution is 2.15. The molecule has 0 aliphatic rings. The third-order valence-electron chi connectivity index (χ3n) is 2.68. The monoisotopic (exact) mass is 234 g/mol. The van der Waals surface area contributed by atoms with Gasteiger partial charge in [0.15, 0.2) is 0 Å². The number of hydrogen-bond donors (Lipinski definition) is 1. The second-order valence-corrected chi connectivity index (χ2v) is 3.81. The third kappa shape index (κ3) is 2.61. The first kappa shape index (κ1) is 11.6. The summed E-state index contributed by atoms with van der Waals surface area (Å²) in [6.45, 7) is 2.51. The van der Waals surface area contributed by atoms with Crippen molar-refractivity contribution >= 4 is 5.69 Å². The van der Waals surface area contributed by atoms with E-state index in [0.717, 1.165) is 11.5 Å². The zero-order chi connectivity index (χ0) is 12.3. The van der Waals surface area contributed by atoms with Crippen LogP contribution in [0.25, 0.3) is 0 Å². The van der Waals surface area contributed by atoms with E-state index in [2.05, 4.69) is 15.4 Å². The van der Waals surface area contributed by atoms with E-state index in [1.165, 1.54) is 12.4 Å². The Kier molecular flexibility index (Phi) is 3.37. The van der Waals surface area contributed by atoms with Crippen LogP contribution in [0, 0.1) is 5.82 Å². The van der Waals surface area contributed by atoms with E-state index in [1.54, 1.807) is 10.7 Å². The van der Waals surface area contributed by atoms with Gasteiger partial charge in [-0.2, -0.15) is 5.10 Å². The second-order valence-electron chi connectivity index (χ2n) is 3.81. The first-order valence-electron chi connectivity index (χ1n) is 5.56. The molecule has 0 aliphatic carbocycles. The van der Waals surface area contributed by atoms with Crippen molar-refractivity contribution in [3.05, 3.63) is 41.7 Å². The van der Waals surface area contributed by atoms with Crippen LogP contribution in [0.15, 0.2) is 24.5 Å². The van der Waals surface area contributed by atoms with Gasteiger partial charge in [-0.3, -0.25) is 4.68 Å². The van der Waals surface area contributed by atoms with Gasteiger partial charge in [0.05, 0.1) is 6.54 Å². The predicted octanol–water partition coefficient (Wildman–Crippen LogP) is 2.13. The first-order valence-corrected chi connectivity index (χ1v) is 5.56. The molecule has 0 fully saturated rings. The van der Waals surface area contributed by atoms with Crippen molar-refractivity contribution in [3.63, 3.8) is 0 Å². The maximum absolute atomic E-state index is 13.3. The zero-order valence-corrected chi connectivity index (χ0v) is 9.94. The van der Waals surface area contributed by atoms with Gasteiger partial charge in [0, 0.05) is 12.7 Å². The van der Waals surface area contributed by atoms with Gasteiger partial charge in [-0.1, -0.05) is 6.92 Å². The number of hydrogen-bond acceptors (Lipinski definition) is 3. The van der Waals surface area contributed by atoms with E-state index in [9.17, 15) is 4.39 Å². The zero-order valence-electron chi connectivity index (χ0n) is 9.94. The summed E-state index contributed by atoms with van der Waals surface area (Å²) in [4.78, 5) is 4.11. The fourth-order valence-electron chi connectivity index (χ4n) is 1.62. The number of aromatic nitrogens is 3. The Labute approximate surface area is 99.5 Å². The number of benzene rings is 1. The Balaban J connectivity index is 2.07. The Bertz CT molecular complexity index is 507. The van der Waals surface area contributed by atoms with Crippen LogP contribution in [0.2, 0.25) is 0 Å². The highest BCUT2D eigenvalue weighted by molar-refractivity contribution is 5.46. The number of rotatable bonds is 4. The normalized spacial score (nSPS) is 10.5. The lowest BCUT2D eigenvalue weighted by Gasteiger charge is -2.08. The summed E-state index contributed by atoms with van der Waals surface area (Å²) in [6.07, 6.45) is 2.20. The van der Waals surface area contributed by atoms with E-state index in [0.29, 0.717) is 18.5 Å². The van der Waals surface area contributed by atoms with E-state index in [4.69, 9.17) is 0 Å². The van der Waals surface area contributed by atoms with Crippen molar-refractivity contribution in [2.75, 3.05) is 5.32 Å². The van der Waals surface area contributed by atoms with Crippen molar-refractivity contribution in [1.29, 1.82) is 0 Å². The Hall–Kier alpha value is -1.91. The quantitative estimate of drug-likeness (QED) is 0.881. The molecule has 0 aliphatic heterocycles. The summed E-state index contributed by atoms with van der Waals surface area (Å²) in [6, 6.07) is 5.04. The van der Waals surface area contributed by atoms with Gasteiger partial charge in [-0.25, -0.2) is 9.37 Å². The average molecular weight is 234 g/mol. The van der Waals surface area contributed by atoms with Gasteiger partial charge >= 0.3 is 0 Å². The van der Waals surface area contributed by atoms with E-state index in [1.807, 2.05) is 20.0 Å². The van der Waals surface area contributed by atoms with Crippen molar-refractivity contribution in [2.24, 2.45) is 7.05 Å². The highest BCUT2D eigenvalue weighted by atomic mass is 19.1. The van der Waals surface area contributed by atoms with E-state index >= 15 is 0 Å². The van der Waals surface area contributed by atoms with Crippen LogP contribution in [-0.4, -0.2) is 14.8 Å². The summed E-state index contributed by atoms with van der Waals surface area (Å²) in [7, 11) is 1.84. The summed E-state index contributed by atoms with van der Waals surface area (Å²) < 4.78 is 15.0. The Morgan fingerprint density at radius 3 is 2.88 bits per heavy atom. The Morgan fingerprint density at radius 1 is 1.41 bits per heavy atom. The van der Waals surface area contributed by atoms with Crippen LogP contribution in [0.1, 0.15) is 18.3 Å². The van der Waals surface area contributed by atoms with E-state index < -0.39 is 0 Å². The number of anilines is 1. The average Bonchev–Trinajstić information content (AvgIpc) is 2.74. The van der Waals surface area contributed by atoms with E-state index in [-0.39, 0.29) is 5.82 Å². The molecule has 2 aromatic rings. The minimum atomic E-state index is -0.156. The molecule has 0 spiro atoms.